The summed E-state index contributed by atoms with van der Waals surface area (Å²) in [4.78, 5) is 13.2. The van der Waals surface area contributed by atoms with E-state index < -0.39 is 0 Å². The molecule has 2 heteroatoms. The van der Waals surface area contributed by atoms with Gasteiger partial charge >= 0.3 is 0 Å². The molecule has 0 aliphatic rings. The van der Waals surface area contributed by atoms with Crippen molar-refractivity contribution in [1.82, 2.24) is 0 Å². The van der Waals surface area contributed by atoms with E-state index in [1.165, 1.54) is 16.7 Å². The molecule has 0 fully saturated rings. The first-order chi connectivity index (χ1) is 13.7. The van der Waals surface area contributed by atoms with Crippen LogP contribution in [0.1, 0.15) is 15.9 Å². The summed E-state index contributed by atoms with van der Waals surface area (Å²) in [5, 5.41) is 0. The predicted molar refractivity (Wildman–Crippen MR) is 117 cm³/mol. The highest BCUT2D eigenvalue weighted by Crippen LogP contribution is 2.35. The largest absolute Gasteiger partial charge is 0.311 e. The summed E-state index contributed by atoms with van der Waals surface area (Å²) in [5.74, 6) is 0. The lowest BCUT2D eigenvalue weighted by molar-refractivity contribution is 0.112. The van der Waals surface area contributed by atoms with Crippen LogP contribution in [-0.4, -0.2) is 6.29 Å². The molecule has 0 bridgehead atoms. The van der Waals surface area contributed by atoms with Gasteiger partial charge in [-0.3, -0.25) is 4.79 Å². The van der Waals surface area contributed by atoms with Gasteiger partial charge in [-0.1, -0.05) is 60.2 Å². The third-order valence-electron chi connectivity index (χ3n) is 4.81. The van der Waals surface area contributed by atoms with Crippen molar-refractivity contribution < 1.29 is 4.79 Å². The van der Waals surface area contributed by atoms with E-state index in [9.17, 15) is 4.79 Å². The number of anilines is 3. The Morgan fingerprint density at radius 1 is 0.571 bits per heavy atom. The van der Waals surface area contributed by atoms with E-state index in [0.717, 1.165) is 23.3 Å². The number of para-hydroxylation sites is 1. The van der Waals surface area contributed by atoms with Gasteiger partial charge in [0.05, 0.1) is 0 Å². The van der Waals surface area contributed by atoms with Crippen LogP contribution in [0.5, 0.6) is 0 Å². The first-order valence-corrected chi connectivity index (χ1v) is 9.32. The van der Waals surface area contributed by atoms with Crippen molar-refractivity contribution in [2.45, 2.75) is 6.92 Å². The maximum absolute atomic E-state index is 11.0. The molecule has 0 saturated heterocycles. The number of rotatable bonds is 5. The fraction of sp³-hybridized carbons (Fsp3) is 0.0385. The van der Waals surface area contributed by atoms with Gasteiger partial charge in [-0.25, -0.2) is 0 Å². The second-order valence-corrected chi connectivity index (χ2v) is 6.79. The minimum atomic E-state index is 0.673. The number of aldehydes is 1. The summed E-state index contributed by atoms with van der Waals surface area (Å²) < 4.78 is 0. The molecule has 0 heterocycles. The van der Waals surface area contributed by atoms with E-state index in [0.29, 0.717) is 5.56 Å². The molecule has 0 amide bonds. The molecule has 2 nitrogen and oxygen atoms in total. The first kappa shape index (κ1) is 17.7. The minimum Gasteiger partial charge on any atom is -0.311 e. The van der Waals surface area contributed by atoms with E-state index in [2.05, 4.69) is 72.5 Å². The predicted octanol–water partition coefficient (Wildman–Crippen LogP) is 6.94. The lowest BCUT2D eigenvalue weighted by Gasteiger charge is -2.25. The molecule has 0 N–H and O–H groups in total. The number of hydrogen-bond donors (Lipinski definition) is 0. The normalized spacial score (nSPS) is 10.5. The van der Waals surface area contributed by atoms with Gasteiger partial charge in [0.25, 0.3) is 0 Å². The molecule has 0 unspecified atom stereocenters. The Morgan fingerprint density at radius 2 is 1.04 bits per heavy atom. The molecular formula is C26H21NO. The van der Waals surface area contributed by atoms with E-state index in [1.807, 2.05) is 42.5 Å². The van der Waals surface area contributed by atoms with Crippen LogP contribution in [0.25, 0.3) is 11.1 Å². The third-order valence-corrected chi connectivity index (χ3v) is 4.81. The Morgan fingerprint density at radius 3 is 1.57 bits per heavy atom. The molecule has 4 aromatic rings. The molecule has 0 spiro atoms. The summed E-state index contributed by atoms with van der Waals surface area (Å²) in [7, 11) is 0. The Hall–Kier alpha value is -3.65. The van der Waals surface area contributed by atoms with Crippen molar-refractivity contribution in [3.05, 3.63) is 114 Å². The standard InChI is InChI=1S/C26H21NO/c1-20-7-11-22(12-8-20)23-13-17-26(18-14-23)27(24-5-3-2-4-6-24)25-15-9-21(19-28)10-16-25/h2-19H,1H3. The number of carbonyl (C=O) groups excluding carboxylic acids is 1. The average molecular weight is 363 g/mol. The highest BCUT2D eigenvalue weighted by molar-refractivity contribution is 5.81. The second kappa shape index (κ2) is 7.93. The molecule has 4 aromatic carbocycles. The van der Waals surface area contributed by atoms with Gasteiger partial charge in [0.15, 0.2) is 0 Å². The summed E-state index contributed by atoms with van der Waals surface area (Å²) in [6.07, 6.45) is 0.868. The number of carbonyl (C=O) groups is 1. The summed E-state index contributed by atoms with van der Waals surface area (Å²) in [6, 6.07) is 35.0. The van der Waals surface area contributed by atoms with Gasteiger partial charge in [-0.05, 0) is 66.6 Å². The highest BCUT2D eigenvalue weighted by atomic mass is 16.1. The van der Waals surface area contributed by atoms with Crippen LogP contribution in [-0.2, 0) is 0 Å². The third kappa shape index (κ3) is 3.72. The summed E-state index contributed by atoms with van der Waals surface area (Å²) >= 11 is 0. The molecule has 0 aliphatic carbocycles. The van der Waals surface area contributed by atoms with Gasteiger partial charge in [-0.2, -0.15) is 0 Å². The van der Waals surface area contributed by atoms with E-state index in [4.69, 9.17) is 0 Å². The van der Waals surface area contributed by atoms with Crippen LogP contribution >= 0.6 is 0 Å². The first-order valence-electron chi connectivity index (χ1n) is 9.32. The number of benzene rings is 4. The van der Waals surface area contributed by atoms with Crippen LogP contribution in [0, 0.1) is 6.92 Å². The molecule has 0 aromatic heterocycles. The van der Waals surface area contributed by atoms with Crippen LogP contribution in [0.2, 0.25) is 0 Å². The average Bonchev–Trinajstić information content (AvgIpc) is 2.76. The fourth-order valence-electron chi connectivity index (χ4n) is 3.28. The highest BCUT2D eigenvalue weighted by Gasteiger charge is 2.12. The smallest absolute Gasteiger partial charge is 0.150 e. The van der Waals surface area contributed by atoms with E-state index in [1.54, 1.807) is 0 Å². The van der Waals surface area contributed by atoms with Crippen LogP contribution in [0.15, 0.2) is 103 Å². The Balaban J connectivity index is 1.73. The van der Waals surface area contributed by atoms with Crippen molar-refractivity contribution in [2.75, 3.05) is 4.90 Å². The monoisotopic (exact) mass is 363 g/mol. The van der Waals surface area contributed by atoms with Gasteiger partial charge in [0.1, 0.15) is 6.29 Å². The lowest BCUT2D eigenvalue weighted by Crippen LogP contribution is -2.09. The second-order valence-electron chi connectivity index (χ2n) is 6.79. The molecule has 0 radical (unpaired) electrons. The molecular weight excluding hydrogens is 342 g/mol. The van der Waals surface area contributed by atoms with Crippen LogP contribution < -0.4 is 4.90 Å². The molecule has 136 valence electrons. The van der Waals surface area contributed by atoms with E-state index in [-0.39, 0.29) is 0 Å². The molecule has 4 rings (SSSR count). The van der Waals surface area contributed by atoms with Crippen molar-refractivity contribution in [3.8, 4) is 11.1 Å². The van der Waals surface area contributed by atoms with Gasteiger partial charge < -0.3 is 4.90 Å². The summed E-state index contributed by atoms with van der Waals surface area (Å²) in [6.45, 7) is 2.10. The van der Waals surface area contributed by atoms with Crippen molar-refractivity contribution >= 4 is 23.3 Å². The van der Waals surface area contributed by atoms with Gasteiger partial charge in [-0.15, -0.1) is 0 Å². The molecule has 28 heavy (non-hydrogen) atoms. The quantitative estimate of drug-likeness (QED) is 0.358. The zero-order chi connectivity index (χ0) is 19.3. The van der Waals surface area contributed by atoms with E-state index >= 15 is 0 Å². The fourth-order valence-corrected chi connectivity index (χ4v) is 3.28. The van der Waals surface area contributed by atoms with Crippen molar-refractivity contribution in [1.29, 1.82) is 0 Å². The zero-order valence-corrected chi connectivity index (χ0v) is 15.7. The maximum atomic E-state index is 11.0. The Labute approximate surface area is 165 Å². The van der Waals surface area contributed by atoms with Gasteiger partial charge in [0.2, 0.25) is 0 Å². The molecule has 0 saturated carbocycles. The molecule has 0 aliphatic heterocycles. The van der Waals surface area contributed by atoms with Crippen molar-refractivity contribution in [2.24, 2.45) is 0 Å². The number of aryl methyl sites for hydroxylation is 1. The zero-order valence-electron chi connectivity index (χ0n) is 15.7. The topological polar surface area (TPSA) is 20.3 Å². The Kier molecular flexibility index (Phi) is 5.03. The maximum Gasteiger partial charge on any atom is 0.150 e. The van der Waals surface area contributed by atoms with Crippen molar-refractivity contribution in [3.63, 3.8) is 0 Å². The lowest BCUT2D eigenvalue weighted by atomic mass is 10.0. The number of hydrogen-bond acceptors (Lipinski definition) is 2. The Bertz CT molecular complexity index is 1050. The number of nitrogens with zero attached hydrogens (tertiary/aromatic N) is 1. The molecule has 0 atom stereocenters. The minimum absolute atomic E-state index is 0.673. The SMILES string of the molecule is Cc1ccc(-c2ccc(N(c3ccccc3)c3ccc(C=O)cc3)cc2)cc1. The van der Waals surface area contributed by atoms with Gasteiger partial charge in [0, 0.05) is 22.6 Å². The van der Waals surface area contributed by atoms with Crippen LogP contribution in [0.4, 0.5) is 17.1 Å². The van der Waals surface area contributed by atoms with Crippen LogP contribution in [0.3, 0.4) is 0 Å². The summed E-state index contributed by atoms with van der Waals surface area (Å²) in [5.41, 5.74) is 7.48.